The maximum absolute atomic E-state index is 13.0. The fourth-order valence-corrected chi connectivity index (χ4v) is 6.05. The normalized spacial score (nSPS) is 19.7. The molecule has 2 atom stereocenters. The Bertz CT molecular complexity index is 1620. The van der Waals surface area contributed by atoms with Crippen LogP contribution in [0.15, 0.2) is 46.9 Å². The van der Waals surface area contributed by atoms with Crippen LogP contribution in [0.2, 0.25) is 0 Å². The summed E-state index contributed by atoms with van der Waals surface area (Å²) in [6.45, 7) is 6.19. The molecule has 7 nitrogen and oxygen atoms in total. The predicted octanol–water partition coefficient (Wildman–Crippen LogP) is 5.07. The van der Waals surface area contributed by atoms with Gasteiger partial charge >= 0.3 is 0 Å². The van der Waals surface area contributed by atoms with Crippen molar-refractivity contribution in [1.29, 1.82) is 0 Å². The number of furan rings is 2. The summed E-state index contributed by atoms with van der Waals surface area (Å²) in [6, 6.07) is 14.2. The van der Waals surface area contributed by atoms with Gasteiger partial charge in [0.1, 0.15) is 17.0 Å². The lowest BCUT2D eigenvalue weighted by Crippen LogP contribution is -2.42. The van der Waals surface area contributed by atoms with E-state index < -0.39 is 0 Å². The van der Waals surface area contributed by atoms with Crippen LogP contribution in [-0.4, -0.2) is 36.2 Å². The number of aryl methyl sites for hydroxylation is 2. The molecule has 7 heteroatoms. The molecule has 3 N–H and O–H groups in total. The van der Waals surface area contributed by atoms with Crippen molar-refractivity contribution < 1.29 is 13.9 Å². The molecule has 2 aliphatic rings. The van der Waals surface area contributed by atoms with Crippen LogP contribution in [0.25, 0.3) is 32.7 Å². The molecule has 3 aromatic heterocycles. The topological polar surface area (TPSA) is 93.6 Å². The number of rotatable bonds is 4. The largest absolute Gasteiger partial charge is 0.455 e. The van der Waals surface area contributed by atoms with Crippen molar-refractivity contribution in [3.05, 3.63) is 64.8 Å². The summed E-state index contributed by atoms with van der Waals surface area (Å²) in [5, 5.41) is 7.28. The average molecular weight is 481 g/mol. The van der Waals surface area contributed by atoms with Gasteiger partial charge in [-0.25, -0.2) is 4.98 Å². The lowest BCUT2D eigenvalue weighted by Gasteiger charge is -2.33. The Kier molecular flexibility index (Phi) is 4.66. The van der Waals surface area contributed by atoms with Crippen LogP contribution in [0.5, 0.6) is 0 Å². The number of hydrogen-bond donors (Lipinski definition) is 2. The highest BCUT2D eigenvalue weighted by atomic mass is 16.5. The summed E-state index contributed by atoms with van der Waals surface area (Å²) in [4.78, 5) is 19.8. The Hall–Kier alpha value is -3.84. The molecular weight excluding hydrogens is 452 g/mol. The molecule has 0 spiro atoms. The standard InChI is InChI=1S/C29H28N4O3/c1-15-9-26(30)32-16(2)25(15)12-31-29(34)17-3-7-21-23(10-17)27-22-8-4-18(11-24(22)28(21)36-27)33-13-19-5-6-20(14-33)35-19/h3-4,7-11,19-20H,5-6,12-14H2,1-2H3,(H2,30,32)(H,31,34). The van der Waals surface area contributed by atoms with Crippen LogP contribution in [0.3, 0.4) is 0 Å². The third-order valence-electron chi connectivity index (χ3n) is 7.88. The van der Waals surface area contributed by atoms with Crippen LogP contribution < -0.4 is 16.0 Å². The fraction of sp³-hybridized carbons (Fsp3) is 0.310. The van der Waals surface area contributed by atoms with Crippen LogP contribution in [0, 0.1) is 13.8 Å². The average Bonchev–Trinajstić information content (AvgIpc) is 3.54. The Balaban J connectivity index is 1.18. The smallest absolute Gasteiger partial charge is 0.251 e. The van der Waals surface area contributed by atoms with Crippen molar-refractivity contribution in [3.63, 3.8) is 0 Å². The molecule has 5 aromatic rings. The number of ether oxygens (including phenoxy) is 1. The van der Waals surface area contributed by atoms with E-state index in [1.165, 1.54) is 5.69 Å². The second kappa shape index (κ2) is 7.83. The van der Waals surface area contributed by atoms with Gasteiger partial charge in [-0.3, -0.25) is 4.79 Å². The molecule has 5 heterocycles. The number of hydrogen-bond acceptors (Lipinski definition) is 6. The summed E-state index contributed by atoms with van der Waals surface area (Å²) in [5.74, 6) is 0.368. The molecule has 1 amide bonds. The molecule has 2 aliphatic heterocycles. The van der Waals surface area contributed by atoms with Gasteiger partial charge in [-0.2, -0.15) is 0 Å². The quantitative estimate of drug-likeness (QED) is 0.349. The Morgan fingerprint density at radius 1 is 1.00 bits per heavy atom. The number of pyridine rings is 1. The first-order valence-corrected chi connectivity index (χ1v) is 12.6. The molecule has 36 heavy (non-hydrogen) atoms. The third kappa shape index (κ3) is 3.30. The van der Waals surface area contributed by atoms with Crippen LogP contribution in [0.1, 0.15) is 40.0 Å². The molecule has 0 aliphatic carbocycles. The summed E-state index contributed by atoms with van der Waals surface area (Å²) in [6.07, 6.45) is 3.01. The Morgan fingerprint density at radius 3 is 2.42 bits per heavy atom. The molecule has 2 saturated heterocycles. The van der Waals surface area contributed by atoms with Crippen molar-refractivity contribution >= 4 is 50.1 Å². The van der Waals surface area contributed by atoms with Gasteiger partial charge in [0.25, 0.3) is 5.91 Å². The monoisotopic (exact) mass is 480 g/mol. The van der Waals surface area contributed by atoms with Crippen molar-refractivity contribution in [2.45, 2.75) is 45.4 Å². The second-order valence-electron chi connectivity index (χ2n) is 10.2. The van der Waals surface area contributed by atoms with E-state index in [0.717, 1.165) is 75.5 Å². The summed E-state index contributed by atoms with van der Waals surface area (Å²) >= 11 is 0. The molecule has 7 rings (SSSR count). The molecule has 0 radical (unpaired) electrons. The molecule has 2 unspecified atom stereocenters. The van der Waals surface area contributed by atoms with E-state index in [2.05, 4.69) is 33.4 Å². The van der Waals surface area contributed by atoms with Gasteiger partial charge in [0.15, 0.2) is 0 Å². The first kappa shape index (κ1) is 21.4. The van der Waals surface area contributed by atoms with E-state index in [-0.39, 0.29) is 5.91 Å². The van der Waals surface area contributed by atoms with Crippen LogP contribution in [-0.2, 0) is 11.3 Å². The summed E-state index contributed by atoms with van der Waals surface area (Å²) in [7, 11) is 0. The third-order valence-corrected chi connectivity index (χ3v) is 7.88. The van der Waals surface area contributed by atoms with Crippen LogP contribution >= 0.6 is 0 Å². The van der Waals surface area contributed by atoms with Gasteiger partial charge in [-0.05, 0) is 80.3 Å². The molecule has 4 bridgehead atoms. The second-order valence-corrected chi connectivity index (χ2v) is 10.2. The number of benzene rings is 3. The number of amides is 1. The zero-order valence-corrected chi connectivity index (χ0v) is 20.4. The van der Waals surface area contributed by atoms with E-state index in [1.54, 1.807) is 0 Å². The number of anilines is 2. The predicted molar refractivity (Wildman–Crippen MR) is 142 cm³/mol. The lowest BCUT2D eigenvalue weighted by molar-refractivity contribution is 0.0305. The van der Waals surface area contributed by atoms with Gasteiger partial charge in [-0.15, -0.1) is 0 Å². The number of nitrogens with two attached hydrogens (primary N) is 1. The number of nitrogens with one attached hydrogen (secondary N) is 1. The number of carbonyl (C=O) groups is 1. The number of morpholine rings is 1. The van der Waals surface area contributed by atoms with E-state index in [9.17, 15) is 4.79 Å². The van der Waals surface area contributed by atoms with Crippen molar-refractivity contribution in [1.82, 2.24) is 10.3 Å². The summed E-state index contributed by atoms with van der Waals surface area (Å²) < 4.78 is 12.3. The molecule has 2 fully saturated rings. The minimum absolute atomic E-state index is 0.126. The number of carbonyl (C=O) groups excluding carboxylic acids is 1. The zero-order chi connectivity index (χ0) is 24.6. The van der Waals surface area contributed by atoms with E-state index in [1.807, 2.05) is 38.1 Å². The number of nitrogens with zero attached hydrogens (tertiary/aromatic N) is 2. The highest BCUT2D eigenvalue weighted by Gasteiger charge is 2.34. The molecular formula is C29H28N4O3. The first-order valence-electron chi connectivity index (χ1n) is 12.6. The maximum Gasteiger partial charge on any atom is 0.251 e. The maximum atomic E-state index is 13.0. The minimum atomic E-state index is -0.126. The SMILES string of the molecule is Cc1cc(N)nc(C)c1CNC(=O)c1ccc2c(c1)c1oc2c2cc(N3CC4CCC(C3)O4)ccc21. The highest BCUT2D eigenvalue weighted by Crippen LogP contribution is 2.42. The van der Waals surface area contributed by atoms with Gasteiger partial charge in [-0.1, -0.05) is 0 Å². The van der Waals surface area contributed by atoms with E-state index >= 15 is 0 Å². The number of nitrogen functional groups attached to an aromatic ring is 1. The minimum Gasteiger partial charge on any atom is -0.455 e. The van der Waals surface area contributed by atoms with Gasteiger partial charge in [0, 0.05) is 58.1 Å². The fourth-order valence-electron chi connectivity index (χ4n) is 6.05. The number of fused-ring (bicyclic) bond motifs is 10. The van der Waals surface area contributed by atoms with Gasteiger partial charge in [0.05, 0.1) is 12.2 Å². The lowest BCUT2D eigenvalue weighted by atomic mass is 10.0. The van der Waals surface area contributed by atoms with E-state index in [0.29, 0.717) is 30.1 Å². The highest BCUT2D eigenvalue weighted by molar-refractivity contribution is 6.26. The van der Waals surface area contributed by atoms with Crippen molar-refractivity contribution in [2.24, 2.45) is 0 Å². The number of aromatic nitrogens is 1. The molecule has 182 valence electrons. The zero-order valence-electron chi connectivity index (χ0n) is 20.4. The summed E-state index contributed by atoms with van der Waals surface area (Å²) in [5.41, 5.74) is 12.2. The molecule has 2 aromatic carbocycles. The Labute approximate surface area is 208 Å². The van der Waals surface area contributed by atoms with Gasteiger partial charge in [0.2, 0.25) is 0 Å². The van der Waals surface area contributed by atoms with Gasteiger partial charge < -0.3 is 25.1 Å². The first-order chi connectivity index (χ1) is 17.4. The van der Waals surface area contributed by atoms with E-state index in [4.69, 9.17) is 14.9 Å². The van der Waals surface area contributed by atoms with Crippen molar-refractivity contribution in [3.8, 4) is 0 Å². The Morgan fingerprint density at radius 2 is 1.69 bits per heavy atom. The van der Waals surface area contributed by atoms with Crippen molar-refractivity contribution in [2.75, 3.05) is 23.7 Å². The van der Waals surface area contributed by atoms with Crippen LogP contribution in [0.4, 0.5) is 11.5 Å². The molecule has 0 saturated carbocycles.